The van der Waals surface area contributed by atoms with Crippen LogP contribution < -0.4 is 14.8 Å². The standard InChI is InChI=1S/C20H21BrN2O4/c1-25-17-7-6-13(10-18(17)26-2)8-9-22-20(24)19-12-16(23-27-19)14-4-3-5-15(21)11-14/h3-7,10-11,19H,8-9,12H2,1-2H3,(H,22,24)/t19-/m1/s1. The summed E-state index contributed by atoms with van der Waals surface area (Å²) in [4.78, 5) is 17.7. The minimum Gasteiger partial charge on any atom is -0.493 e. The molecule has 0 unspecified atom stereocenters. The lowest BCUT2D eigenvalue weighted by Crippen LogP contribution is -2.36. The number of hydrogen-bond acceptors (Lipinski definition) is 5. The number of nitrogens with one attached hydrogen (secondary N) is 1. The summed E-state index contributed by atoms with van der Waals surface area (Å²) >= 11 is 3.44. The van der Waals surface area contributed by atoms with Crippen molar-refractivity contribution >= 4 is 27.5 Å². The number of carbonyl (C=O) groups is 1. The predicted octanol–water partition coefficient (Wildman–Crippen LogP) is 3.32. The van der Waals surface area contributed by atoms with Crippen molar-refractivity contribution in [1.29, 1.82) is 0 Å². The fourth-order valence-corrected chi connectivity index (χ4v) is 3.24. The quantitative estimate of drug-likeness (QED) is 0.728. The molecule has 1 aliphatic rings. The summed E-state index contributed by atoms with van der Waals surface area (Å²) in [6.07, 6.45) is 0.543. The van der Waals surface area contributed by atoms with Gasteiger partial charge in [-0.3, -0.25) is 4.79 Å². The van der Waals surface area contributed by atoms with Crippen molar-refractivity contribution in [2.45, 2.75) is 18.9 Å². The largest absolute Gasteiger partial charge is 0.493 e. The van der Waals surface area contributed by atoms with Gasteiger partial charge in [0, 0.05) is 23.0 Å². The second-order valence-corrected chi connectivity index (χ2v) is 6.99. The first kappa shape index (κ1) is 19.2. The van der Waals surface area contributed by atoms with Crippen molar-refractivity contribution in [2.75, 3.05) is 20.8 Å². The zero-order valence-corrected chi connectivity index (χ0v) is 16.8. The number of carbonyl (C=O) groups excluding carboxylic acids is 1. The minimum atomic E-state index is -0.593. The Morgan fingerprint density at radius 3 is 2.78 bits per heavy atom. The van der Waals surface area contributed by atoms with E-state index in [-0.39, 0.29) is 5.91 Å². The van der Waals surface area contributed by atoms with Gasteiger partial charge in [0.1, 0.15) is 0 Å². The highest BCUT2D eigenvalue weighted by Gasteiger charge is 2.28. The van der Waals surface area contributed by atoms with E-state index in [0.29, 0.717) is 30.9 Å². The normalized spacial score (nSPS) is 15.7. The Balaban J connectivity index is 1.49. The van der Waals surface area contributed by atoms with Gasteiger partial charge in [-0.1, -0.05) is 39.3 Å². The highest BCUT2D eigenvalue weighted by atomic mass is 79.9. The van der Waals surface area contributed by atoms with Gasteiger partial charge in [-0.15, -0.1) is 0 Å². The molecule has 1 N–H and O–H groups in total. The van der Waals surface area contributed by atoms with Crippen LogP contribution in [-0.2, 0) is 16.1 Å². The zero-order chi connectivity index (χ0) is 19.2. The van der Waals surface area contributed by atoms with Gasteiger partial charge < -0.3 is 19.6 Å². The lowest BCUT2D eigenvalue weighted by Gasteiger charge is -2.11. The first-order chi connectivity index (χ1) is 13.1. The topological polar surface area (TPSA) is 69.2 Å². The second-order valence-electron chi connectivity index (χ2n) is 6.08. The smallest absolute Gasteiger partial charge is 0.264 e. The molecule has 1 atom stereocenters. The van der Waals surface area contributed by atoms with Crippen molar-refractivity contribution in [3.05, 3.63) is 58.1 Å². The maximum Gasteiger partial charge on any atom is 0.264 e. The van der Waals surface area contributed by atoms with Crippen molar-refractivity contribution in [2.24, 2.45) is 5.16 Å². The van der Waals surface area contributed by atoms with E-state index < -0.39 is 6.10 Å². The number of methoxy groups -OCH3 is 2. The molecule has 0 spiro atoms. The summed E-state index contributed by atoms with van der Waals surface area (Å²) in [5.41, 5.74) is 2.77. The summed E-state index contributed by atoms with van der Waals surface area (Å²) in [7, 11) is 3.20. The Kier molecular flexibility index (Phi) is 6.34. The van der Waals surface area contributed by atoms with Crippen LogP contribution in [-0.4, -0.2) is 38.5 Å². The fraction of sp³-hybridized carbons (Fsp3) is 0.300. The lowest BCUT2D eigenvalue weighted by molar-refractivity contribution is -0.131. The third-order valence-electron chi connectivity index (χ3n) is 4.28. The van der Waals surface area contributed by atoms with E-state index in [1.807, 2.05) is 42.5 Å². The Labute approximate surface area is 166 Å². The van der Waals surface area contributed by atoms with Crippen LogP contribution in [0.2, 0.25) is 0 Å². The van der Waals surface area contributed by atoms with E-state index in [0.717, 1.165) is 21.3 Å². The molecule has 2 aromatic rings. The van der Waals surface area contributed by atoms with Crippen molar-refractivity contribution in [3.63, 3.8) is 0 Å². The summed E-state index contributed by atoms with van der Waals surface area (Å²) in [5.74, 6) is 1.19. The van der Waals surface area contributed by atoms with Crippen molar-refractivity contribution in [1.82, 2.24) is 5.32 Å². The number of halogens is 1. The maximum atomic E-state index is 12.3. The van der Waals surface area contributed by atoms with Gasteiger partial charge in [0.25, 0.3) is 5.91 Å². The Morgan fingerprint density at radius 1 is 1.22 bits per heavy atom. The zero-order valence-electron chi connectivity index (χ0n) is 15.2. The summed E-state index contributed by atoms with van der Waals surface area (Å²) in [6, 6.07) is 13.5. The molecule has 0 bridgehead atoms. The molecule has 6 nitrogen and oxygen atoms in total. The van der Waals surface area contributed by atoms with Crippen LogP contribution in [0, 0.1) is 0 Å². The van der Waals surface area contributed by atoms with Crippen molar-refractivity contribution in [3.8, 4) is 11.5 Å². The first-order valence-electron chi connectivity index (χ1n) is 8.58. The highest BCUT2D eigenvalue weighted by molar-refractivity contribution is 9.10. The van der Waals surface area contributed by atoms with E-state index >= 15 is 0 Å². The Bertz CT molecular complexity index is 854. The van der Waals surface area contributed by atoms with E-state index in [2.05, 4.69) is 26.4 Å². The number of nitrogens with zero attached hydrogens (tertiary/aromatic N) is 1. The molecule has 0 aliphatic carbocycles. The third kappa shape index (κ3) is 4.80. The molecule has 0 saturated heterocycles. The van der Waals surface area contributed by atoms with Gasteiger partial charge in [-0.25, -0.2) is 0 Å². The number of amides is 1. The maximum absolute atomic E-state index is 12.3. The second kappa shape index (κ2) is 8.90. The molecule has 0 aromatic heterocycles. The monoisotopic (exact) mass is 432 g/mol. The first-order valence-corrected chi connectivity index (χ1v) is 9.37. The molecule has 1 heterocycles. The van der Waals surface area contributed by atoms with Crippen LogP contribution in [0.5, 0.6) is 11.5 Å². The molecule has 0 radical (unpaired) electrons. The number of ether oxygens (including phenoxy) is 2. The minimum absolute atomic E-state index is 0.163. The third-order valence-corrected chi connectivity index (χ3v) is 4.77. The van der Waals surface area contributed by atoms with Gasteiger partial charge in [-0.2, -0.15) is 0 Å². The van der Waals surface area contributed by atoms with E-state index in [4.69, 9.17) is 14.3 Å². The van der Waals surface area contributed by atoms with Gasteiger partial charge >= 0.3 is 0 Å². The Morgan fingerprint density at radius 2 is 2.04 bits per heavy atom. The van der Waals surface area contributed by atoms with E-state index in [9.17, 15) is 4.79 Å². The van der Waals surface area contributed by atoms with Crippen LogP contribution in [0.1, 0.15) is 17.5 Å². The van der Waals surface area contributed by atoms with Crippen LogP contribution in [0.3, 0.4) is 0 Å². The summed E-state index contributed by atoms with van der Waals surface area (Å²) < 4.78 is 11.5. The fourth-order valence-electron chi connectivity index (χ4n) is 2.84. The van der Waals surface area contributed by atoms with E-state index in [1.54, 1.807) is 14.2 Å². The van der Waals surface area contributed by atoms with Gasteiger partial charge in [-0.05, 0) is 36.2 Å². The molecule has 0 fully saturated rings. The summed E-state index contributed by atoms with van der Waals surface area (Å²) in [5, 5.41) is 6.97. The Hall–Kier alpha value is -2.54. The molecule has 7 heteroatoms. The average molecular weight is 433 g/mol. The van der Waals surface area contributed by atoms with Crippen molar-refractivity contribution < 1.29 is 19.1 Å². The van der Waals surface area contributed by atoms with Crippen LogP contribution in [0.25, 0.3) is 0 Å². The molecule has 0 saturated carbocycles. The predicted molar refractivity (Wildman–Crippen MR) is 106 cm³/mol. The molecular formula is C20H21BrN2O4. The average Bonchev–Trinajstić information content (AvgIpc) is 3.18. The SMILES string of the molecule is COc1ccc(CCNC(=O)[C@H]2CC(c3cccc(Br)c3)=NO2)cc1OC. The van der Waals surface area contributed by atoms with Crippen LogP contribution in [0.15, 0.2) is 52.1 Å². The molecule has 3 rings (SSSR count). The number of rotatable bonds is 7. The van der Waals surface area contributed by atoms with Gasteiger partial charge in [0.15, 0.2) is 11.5 Å². The number of oxime groups is 1. The molecule has 27 heavy (non-hydrogen) atoms. The van der Waals surface area contributed by atoms with Gasteiger partial charge in [0.2, 0.25) is 6.10 Å². The molecule has 1 amide bonds. The number of benzene rings is 2. The highest BCUT2D eigenvalue weighted by Crippen LogP contribution is 2.27. The van der Waals surface area contributed by atoms with Crippen LogP contribution >= 0.6 is 15.9 Å². The van der Waals surface area contributed by atoms with Gasteiger partial charge in [0.05, 0.1) is 19.9 Å². The van der Waals surface area contributed by atoms with E-state index in [1.165, 1.54) is 0 Å². The molecule has 1 aliphatic heterocycles. The molecular weight excluding hydrogens is 412 g/mol. The summed E-state index contributed by atoms with van der Waals surface area (Å²) in [6.45, 7) is 0.500. The number of hydrogen-bond donors (Lipinski definition) is 1. The molecule has 142 valence electrons. The molecule has 2 aromatic carbocycles. The lowest BCUT2D eigenvalue weighted by atomic mass is 10.0. The van der Waals surface area contributed by atoms with Crippen LogP contribution in [0.4, 0.5) is 0 Å².